The van der Waals surface area contributed by atoms with Crippen molar-refractivity contribution in [1.82, 2.24) is 0 Å². The van der Waals surface area contributed by atoms with Crippen LogP contribution in [0.5, 0.6) is 0 Å². The van der Waals surface area contributed by atoms with Gasteiger partial charge in [-0.3, -0.25) is 0 Å². The fraction of sp³-hybridized carbons (Fsp3) is 0.250. The summed E-state index contributed by atoms with van der Waals surface area (Å²) in [5.74, 6) is -0.876. The Morgan fingerprint density at radius 3 is 2.37 bits per heavy atom. The SMILES string of the molecule is Cc1cc(F)c(C(Cl)Cc2ccccc2C)cc1F. The van der Waals surface area contributed by atoms with Crippen molar-refractivity contribution in [2.75, 3.05) is 0 Å². The predicted octanol–water partition coefficient (Wildman–Crippen LogP) is 5.10. The lowest BCUT2D eigenvalue weighted by atomic mass is 9.99. The normalized spacial score (nSPS) is 12.5. The Morgan fingerprint density at radius 2 is 1.68 bits per heavy atom. The monoisotopic (exact) mass is 280 g/mol. The number of halogens is 3. The predicted molar refractivity (Wildman–Crippen MR) is 74.6 cm³/mol. The molecule has 0 aromatic heterocycles. The molecule has 1 atom stereocenters. The first-order chi connectivity index (χ1) is 8.99. The van der Waals surface area contributed by atoms with Crippen LogP contribution in [0.3, 0.4) is 0 Å². The molecule has 0 radical (unpaired) electrons. The molecule has 0 bridgehead atoms. The minimum absolute atomic E-state index is 0.216. The van der Waals surface area contributed by atoms with Crippen molar-refractivity contribution < 1.29 is 8.78 Å². The van der Waals surface area contributed by atoms with Crippen LogP contribution in [0, 0.1) is 25.5 Å². The van der Waals surface area contributed by atoms with E-state index in [1.807, 2.05) is 31.2 Å². The summed E-state index contributed by atoms with van der Waals surface area (Å²) < 4.78 is 27.3. The highest BCUT2D eigenvalue weighted by Gasteiger charge is 2.16. The summed E-state index contributed by atoms with van der Waals surface area (Å²) in [5, 5.41) is -0.573. The lowest BCUT2D eigenvalue weighted by Gasteiger charge is -2.13. The molecule has 0 N–H and O–H groups in total. The van der Waals surface area contributed by atoms with Gasteiger partial charge in [-0.25, -0.2) is 8.78 Å². The van der Waals surface area contributed by atoms with Gasteiger partial charge in [0.15, 0.2) is 0 Å². The zero-order valence-electron chi connectivity index (χ0n) is 10.9. The Balaban J connectivity index is 2.28. The van der Waals surface area contributed by atoms with E-state index < -0.39 is 17.0 Å². The molecule has 0 spiro atoms. The second-order valence-corrected chi connectivity index (χ2v) is 5.25. The van der Waals surface area contributed by atoms with E-state index >= 15 is 0 Å². The van der Waals surface area contributed by atoms with Gasteiger partial charge >= 0.3 is 0 Å². The summed E-state index contributed by atoms with van der Waals surface area (Å²) in [4.78, 5) is 0. The molecule has 0 saturated carbocycles. The highest BCUT2D eigenvalue weighted by atomic mass is 35.5. The number of aryl methyl sites for hydroxylation is 2. The van der Waals surface area contributed by atoms with Crippen LogP contribution in [-0.4, -0.2) is 0 Å². The Morgan fingerprint density at radius 1 is 1.00 bits per heavy atom. The largest absolute Gasteiger partial charge is 0.207 e. The number of rotatable bonds is 3. The third-order valence-electron chi connectivity index (χ3n) is 3.28. The van der Waals surface area contributed by atoms with Gasteiger partial charge in [0.05, 0.1) is 5.38 Å². The molecule has 0 heterocycles. The Kier molecular flexibility index (Phi) is 4.20. The minimum Gasteiger partial charge on any atom is -0.207 e. The van der Waals surface area contributed by atoms with Crippen molar-refractivity contribution >= 4 is 11.6 Å². The van der Waals surface area contributed by atoms with Crippen LogP contribution in [0.25, 0.3) is 0 Å². The van der Waals surface area contributed by atoms with Gasteiger partial charge in [-0.05, 0) is 49.1 Å². The van der Waals surface area contributed by atoms with Crippen LogP contribution < -0.4 is 0 Å². The third kappa shape index (κ3) is 3.13. The molecule has 0 fully saturated rings. The van der Waals surface area contributed by atoms with Gasteiger partial charge in [0, 0.05) is 5.56 Å². The van der Waals surface area contributed by atoms with Gasteiger partial charge in [-0.2, -0.15) is 0 Å². The van der Waals surface area contributed by atoms with E-state index in [-0.39, 0.29) is 5.56 Å². The molecule has 0 aliphatic rings. The van der Waals surface area contributed by atoms with E-state index in [2.05, 4.69) is 0 Å². The van der Waals surface area contributed by atoms with Crippen molar-refractivity contribution in [2.45, 2.75) is 25.6 Å². The molecule has 2 rings (SSSR count). The fourth-order valence-corrected chi connectivity index (χ4v) is 2.38. The number of hydrogen-bond acceptors (Lipinski definition) is 0. The lowest BCUT2D eigenvalue weighted by molar-refractivity contribution is 0.575. The standard InChI is InChI=1S/C16H15ClF2/c1-10-5-3-4-6-12(10)8-14(17)13-9-15(18)11(2)7-16(13)19/h3-7,9,14H,8H2,1-2H3. The summed E-state index contributed by atoms with van der Waals surface area (Å²) in [6.45, 7) is 3.51. The number of alkyl halides is 1. The van der Waals surface area contributed by atoms with Gasteiger partial charge < -0.3 is 0 Å². The van der Waals surface area contributed by atoms with Crippen LogP contribution in [-0.2, 0) is 6.42 Å². The zero-order chi connectivity index (χ0) is 14.0. The minimum atomic E-state index is -0.573. The summed E-state index contributed by atoms with van der Waals surface area (Å²) in [6.07, 6.45) is 0.480. The molecule has 100 valence electrons. The van der Waals surface area contributed by atoms with Gasteiger partial charge in [0.25, 0.3) is 0 Å². The maximum atomic E-state index is 13.8. The van der Waals surface area contributed by atoms with Crippen molar-refractivity contribution in [1.29, 1.82) is 0 Å². The van der Waals surface area contributed by atoms with Gasteiger partial charge in [0.2, 0.25) is 0 Å². The molecule has 2 aromatic carbocycles. The topological polar surface area (TPSA) is 0 Å². The van der Waals surface area contributed by atoms with E-state index in [9.17, 15) is 8.78 Å². The molecule has 0 aliphatic carbocycles. The molecule has 0 saturated heterocycles. The van der Waals surface area contributed by atoms with Crippen molar-refractivity contribution in [2.24, 2.45) is 0 Å². The van der Waals surface area contributed by atoms with Crippen molar-refractivity contribution in [3.8, 4) is 0 Å². The average Bonchev–Trinajstić information content (AvgIpc) is 2.36. The third-order valence-corrected chi connectivity index (χ3v) is 3.67. The average molecular weight is 281 g/mol. The number of benzene rings is 2. The van der Waals surface area contributed by atoms with Crippen molar-refractivity contribution in [3.63, 3.8) is 0 Å². The zero-order valence-corrected chi connectivity index (χ0v) is 11.6. The molecule has 0 aliphatic heterocycles. The second-order valence-electron chi connectivity index (χ2n) is 4.72. The fourth-order valence-electron chi connectivity index (χ4n) is 2.04. The van der Waals surface area contributed by atoms with Gasteiger partial charge in [-0.1, -0.05) is 24.3 Å². The summed E-state index contributed by atoms with van der Waals surface area (Å²) >= 11 is 6.24. The molecule has 19 heavy (non-hydrogen) atoms. The molecule has 0 nitrogen and oxygen atoms in total. The summed E-state index contributed by atoms with van der Waals surface area (Å²) in [5.41, 5.74) is 2.65. The quantitative estimate of drug-likeness (QED) is 0.686. The summed E-state index contributed by atoms with van der Waals surface area (Å²) in [6, 6.07) is 10.2. The molecular formula is C16H15ClF2. The first-order valence-corrected chi connectivity index (χ1v) is 6.57. The van der Waals surface area contributed by atoms with Crippen LogP contribution in [0.4, 0.5) is 8.78 Å². The Hall–Kier alpha value is -1.41. The maximum Gasteiger partial charge on any atom is 0.128 e. The smallest absolute Gasteiger partial charge is 0.128 e. The molecular weight excluding hydrogens is 266 g/mol. The van der Waals surface area contributed by atoms with Crippen LogP contribution in [0.15, 0.2) is 36.4 Å². The first kappa shape index (κ1) is 14.0. The maximum absolute atomic E-state index is 13.8. The molecule has 1 unspecified atom stereocenters. The second kappa shape index (κ2) is 5.70. The van der Waals surface area contributed by atoms with Crippen molar-refractivity contribution in [3.05, 3.63) is 70.3 Å². The van der Waals surface area contributed by atoms with E-state index in [0.29, 0.717) is 12.0 Å². The van der Waals surface area contributed by atoms with E-state index in [1.165, 1.54) is 19.1 Å². The molecule has 3 heteroatoms. The lowest BCUT2D eigenvalue weighted by Crippen LogP contribution is -2.02. The van der Waals surface area contributed by atoms with Crippen LogP contribution in [0.1, 0.15) is 27.6 Å². The highest BCUT2D eigenvalue weighted by Crippen LogP contribution is 2.29. The van der Waals surface area contributed by atoms with Crippen LogP contribution >= 0.6 is 11.6 Å². The van der Waals surface area contributed by atoms with E-state index in [0.717, 1.165) is 11.1 Å². The van der Waals surface area contributed by atoms with E-state index in [1.54, 1.807) is 0 Å². The Labute approximate surface area is 117 Å². The molecule has 0 amide bonds. The highest BCUT2D eigenvalue weighted by molar-refractivity contribution is 6.21. The van der Waals surface area contributed by atoms with Crippen LogP contribution in [0.2, 0.25) is 0 Å². The van der Waals surface area contributed by atoms with Gasteiger partial charge in [-0.15, -0.1) is 11.6 Å². The van der Waals surface area contributed by atoms with Gasteiger partial charge in [0.1, 0.15) is 11.6 Å². The Bertz CT molecular complexity index is 593. The van der Waals surface area contributed by atoms with E-state index in [4.69, 9.17) is 11.6 Å². The first-order valence-electron chi connectivity index (χ1n) is 6.13. The number of hydrogen-bond donors (Lipinski definition) is 0. The molecule has 2 aromatic rings. The summed E-state index contributed by atoms with van der Waals surface area (Å²) in [7, 11) is 0.